The maximum atomic E-state index is 11.6. The Kier molecular flexibility index (Phi) is 10.4. The van der Waals surface area contributed by atoms with Crippen LogP contribution in [0.15, 0.2) is 11.6 Å². The fourth-order valence-corrected chi connectivity index (χ4v) is 4.55. The van der Waals surface area contributed by atoms with Crippen LogP contribution >= 0.6 is 0 Å². The number of carbonyl (C=O) groups excluding carboxylic acids is 1. The largest absolute Gasteiger partial charge is 0.429 e. The van der Waals surface area contributed by atoms with E-state index in [4.69, 9.17) is 0 Å². The quantitative estimate of drug-likeness (QED) is 0.370. The van der Waals surface area contributed by atoms with Crippen LogP contribution in [0.3, 0.4) is 0 Å². The zero-order valence-electron chi connectivity index (χ0n) is 15.7. The van der Waals surface area contributed by atoms with Gasteiger partial charge in [-0.3, -0.25) is 0 Å². The number of hydrogen-bond acceptors (Lipinski definition) is 5. The van der Waals surface area contributed by atoms with E-state index in [0.717, 1.165) is 32.1 Å². The Bertz CT molecular complexity index is 524. The van der Waals surface area contributed by atoms with Crippen molar-refractivity contribution in [2.45, 2.75) is 83.8 Å². The average molecular weight is 375 g/mol. The first-order valence-corrected chi connectivity index (χ1v) is 11.7. The van der Waals surface area contributed by atoms with E-state index in [-0.39, 0.29) is 11.7 Å². The lowest BCUT2D eigenvalue weighted by Gasteiger charge is -2.16. The highest BCUT2D eigenvalue weighted by molar-refractivity contribution is 7.90. The lowest BCUT2D eigenvalue weighted by molar-refractivity contribution is -0.151. The summed E-state index contributed by atoms with van der Waals surface area (Å²) in [6.07, 6.45) is 13.1. The fraction of sp³-hybridized carbons (Fsp3) is 0.842. The molecule has 1 heterocycles. The predicted molar refractivity (Wildman–Crippen MR) is 99.8 cm³/mol. The molecule has 2 atom stereocenters. The molecule has 0 spiro atoms. The van der Waals surface area contributed by atoms with Crippen LogP contribution in [0.5, 0.6) is 0 Å². The van der Waals surface area contributed by atoms with E-state index < -0.39 is 22.1 Å². The number of sulfone groups is 1. The Morgan fingerprint density at radius 1 is 1.08 bits per heavy atom. The highest BCUT2D eigenvalue weighted by Gasteiger charge is 2.23. The first-order valence-electron chi connectivity index (χ1n) is 9.59. The van der Waals surface area contributed by atoms with E-state index in [1.54, 1.807) is 0 Å². The van der Waals surface area contributed by atoms with Gasteiger partial charge in [-0.15, -0.1) is 0 Å². The summed E-state index contributed by atoms with van der Waals surface area (Å²) in [5.74, 6) is -0.0950. The van der Waals surface area contributed by atoms with E-state index in [9.17, 15) is 18.3 Å². The third-order valence-electron chi connectivity index (χ3n) is 4.65. The zero-order chi connectivity index (χ0) is 18.7. The number of hydrogen-bond donors (Lipinski definition) is 1. The van der Waals surface area contributed by atoms with Crippen LogP contribution in [-0.2, 0) is 19.4 Å². The van der Waals surface area contributed by atoms with Gasteiger partial charge in [-0.2, -0.15) is 0 Å². The fourth-order valence-electron chi connectivity index (χ4n) is 3.36. The van der Waals surface area contributed by atoms with Crippen molar-refractivity contribution in [3.05, 3.63) is 11.6 Å². The van der Waals surface area contributed by atoms with Crippen LogP contribution in [0, 0.1) is 5.92 Å². The van der Waals surface area contributed by atoms with Crippen LogP contribution in [0.2, 0.25) is 0 Å². The Morgan fingerprint density at radius 3 is 2.24 bits per heavy atom. The van der Waals surface area contributed by atoms with Crippen molar-refractivity contribution in [1.29, 1.82) is 0 Å². The number of esters is 1. The molecule has 0 radical (unpaired) electrons. The second kappa shape index (κ2) is 11.7. The van der Waals surface area contributed by atoms with E-state index in [0.29, 0.717) is 12.0 Å². The third-order valence-corrected chi connectivity index (χ3v) is 5.72. The molecule has 0 aromatic heterocycles. The molecule has 1 aliphatic rings. The summed E-state index contributed by atoms with van der Waals surface area (Å²) in [4.78, 5) is 11.5. The molecule has 0 bridgehead atoms. The minimum absolute atomic E-state index is 0.147. The van der Waals surface area contributed by atoms with Crippen molar-refractivity contribution < 1.29 is 23.1 Å². The second-order valence-corrected chi connectivity index (χ2v) is 9.43. The van der Waals surface area contributed by atoms with E-state index in [1.165, 1.54) is 44.4 Å². The van der Waals surface area contributed by atoms with Crippen molar-refractivity contribution in [3.8, 4) is 0 Å². The minimum Gasteiger partial charge on any atom is -0.429 e. The molecule has 25 heavy (non-hydrogen) atoms. The molecule has 5 nitrogen and oxygen atoms in total. The van der Waals surface area contributed by atoms with Crippen LogP contribution in [-0.4, -0.2) is 37.8 Å². The molecule has 0 fully saturated rings. The second-order valence-electron chi connectivity index (χ2n) is 7.25. The van der Waals surface area contributed by atoms with Gasteiger partial charge >= 0.3 is 5.97 Å². The van der Waals surface area contributed by atoms with Gasteiger partial charge in [0.1, 0.15) is 9.84 Å². The first kappa shape index (κ1) is 22.2. The van der Waals surface area contributed by atoms with Gasteiger partial charge in [-0.25, -0.2) is 13.2 Å². The molecule has 1 aliphatic heterocycles. The number of rotatable bonds is 14. The molecule has 0 aliphatic carbocycles. The number of unbranched alkanes of at least 4 members (excludes halogenated alkanes) is 6. The first-order chi connectivity index (χ1) is 11.8. The molecule has 146 valence electrons. The van der Waals surface area contributed by atoms with Crippen LogP contribution in [0.4, 0.5) is 0 Å². The van der Waals surface area contributed by atoms with Crippen molar-refractivity contribution >= 4 is 15.8 Å². The third kappa shape index (κ3) is 10.6. The normalized spacial score (nSPS) is 18.9. The molecule has 0 amide bonds. The van der Waals surface area contributed by atoms with Gasteiger partial charge in [0.05, 0.1) is 5.75 Å². The summed E-state index contributed by atoms with van der Waals surface area (Å²) in [7, 11) is -2.99. The maximum absolute atomic E-state index is 11.6. The maximum Gasteiger partial charge on any atom is 0.336 e. The number of aliphatic hydroxyl groups is 1. The van der Waals surface area contributed by atoms with Crippen LogP contribution in [0.1, 0.15) is 77.6 Å². The summed E-state index contributed by atoms with van der Waals surface area (Å²) >= 11 is 0. The summed E-state index contributed by atoms with van der Waals surface area (Å²) in [5, 5.41) is 9.25. The molecule has 2 unspecified atom stereocenters. The van der Waals surface area contributed by atoms with E-state index in [2.05, 4.69) is 11.7 Å². The van der Waals surface area contributed by atoms with Gasteiger partial charge in [0.25, 0.3) is 0 Å². The lowest BCUT2D eigenvalue weighted by Crippen LogP contribution is -2.15. The highest BCUT2D eigenvalue weighted by atomic mass is 32.2. The highest BCUT2D eigenvalue weighted by Crippen LogP contribution is 2.23. The molecular formula is C19H34O5S. The van der Waals surface area contributed by atoms with Crippen molar-refractivity contribution in [2.24, 2.45) is 5.92 Å². The smallest absolute Gasteiger partial charge is 0.336 e. The molecule has 6 heteroatoms. The van der Waals surface area contributed by atoms with Gasteiger partial charge in [-0.1, -0.05) is 51.9 Å². The molecule has 0 saturated heterocycles. The topological polar surface area (TPSA) is 80.7 Å². The van der Waals surface area contributed by atoms with Crippen molar-refractivity contribution in [1.82, 2.24) is 0 Å². The number of aliphatic hydroxyl groups excluding tert-OH is 1. The van der Waals surface area contributed by atoms with Crippen LogP contribution in [0.25, 0.3) is 0 Å². The SMILES string of the molecule is CCCCCCCCCC(CCCC1=CC(O)OC1=O)CS(C)(=O)=O. The van der Waals surface area contributed by atoms with E-state index in [1.807, 2.05) is 0 Å². The molecule has 1 rings (SSSR count). The summed E-state index contributed by atoms with van der Waals surface area (Å²) in [6, 6.07) is 0. The number of carbonyl (C=O) groups is 1. The number of cyclic esters (lactones) is 1. The Labute approximate surface area is 152 Å². The Morgan fingerprint density at radius 2 is 1.68 bits per heavy atom. The van der Waals surface area contributed by atoms with E-state index >= 15 is 0 Å². The zero-order valence-corrected chi connectivity index (χ0v) is 16.5. The average Bonchev–Trinajstić information content (AvgIpc) is 2.82. The monoisotopic (exact) mass is 374 g/mol. The molecular weight excluding hydrogens is 340 g/mol. The van der Waals surface area contributed by atoms with Crippen LogP contribution < -0.4 is 0 Å². The Balaban J connectivity index is 2.30. The summed E-state index contributed by atoms with van der Waals surface area (Å²) < 4.78 is 27.9. The summed E-state index contributed by atoms with van der Waals surface area (Å²) in [5.41, 5.74) is 0.501. The predicted octanol–water partition coefficient (Wildman–Crippen LogP) is 3.76. The summed E-state index contributed by atoms with van der Waals surface area (Å²) in [6.45, 7) is 2.21. The number of ether oxygens (including phenoxy) is 1. The van der Waals surface area contributed by atoms with Crippen molar-refractivity contribution in [3.63, 3.8) is 0 Å². The minimum atomic E-state index is -2.99. The van der Waals surface area contributed by atoms with Gasteiger partial charge in [0.2, 0.25) is 6.29 Å². The standard InChI is InChI=1S/C19H34O5S/c1-3-4-5-6-7-8-9-11-16(15-25(2,22)23)12-10-13-17-14-18(20)24-19(17)21/h14,16,18,20H,3-13,15H2,1-2H3. The van der Waals surface area contributed by atoms with Gasteiger partial charge in [0.15, 0.2) is 0 Å². The van der Waals surface area contributed by atoms with Gasteiger partial charge in [0, 0.05) is 11.8 Å². The molecule has 0 saturated carbocycles. The Hall–Kier alpha value is -0.880. The van der Waals surface area contributed by atoms with Crippen molar-refractivity contribution in [2.75, 3.05) is 12.0 Å². The molecule has 1 N–H and O–H groups in total. The van der Waals surface area contributed by atoms with Gasteiger partial charge < -0.3 is 9.84 Å². The lowest BCUT2D eigenvalue weighted by atomic mass is 9.95. The molecule has 0 aromatic carbocycles. The van der Waals surface area contributed by atoms with Gasteiger partial charge in [-0.05, 0) is 37.7 Å². The molecule has 0 aromatic rings.